The van der Waals surface area contributed by atoms with E-state index in [-0.39, 0.29) is 37.4 Å². The predicted octanol–water partition coefficient (Wildman–Crippen LogP) is 0.889. The molecule has 1 aliphatic rings. The van der Waals surface area contributed by atoms with Crippen LogP contribution in [0.2, 0.25) is 0 Å². The molecule has 7 nitrogen and oxygen atoms in total. The van der Waals surface area contributed by atoms with Gasteiger partial charge in [0.05, 0.1) is 29.8 Å². The maximum absolute atomic E-state index is 12.5. The Morgan fingerprint density at radius 3 is 2.09 bits per heavy atom. The first kappa shape index (κ1) is 19.4. The highest BCUT2D eigenvalue weighted by molar-refractivity contribution is 7.91. The summed E-state index contributed by atoms with van der Waals surface area (Å²) in [7, 11) is -6.76. The molecular formula is C13H24O7S2. The third-order valence-corrected chi connectivity index (χ3v) is 5.74. The van der Waals surface area contributed by atoms with Gasteiger partial charge in [0, 0.05) is 0 Å². The minimum Gasteiger partial charge on any atom is -0.460 e. The highest BCUT2D eigenvalue weighted by atomic mass is 32.2. The number of carbonyl (C=O) groups is 1. The second-order valence-corrected chi connectivity index (χ2v) is 10.7. The molecule has 0 radical (unpaired) electrons. The van der Waals surface area contributed by atoms with Crippen LogP contribution in [0.1, 0.15) is 40.0 Å². The topological polar surface area (TPSA) is 104 Å². The normalized spacial score (nSPS) is 21.3. The van der Waals surface area contributed by atoms with Gasteiger partial charge in [-0.1, -0.05) is 0 Å². The lowest BCUT2D eigenvalue weighted by Gasteiger charge is -2.36. The highest BCUT2D eigenvalue weighted by Gasteiger charge is 2.45. The van der Waals surface area contributed by atoms with Crippen molar-refractivity contribution in [3.63, 3.8) is 0 Å². The highest BCUT2D eigenvalue weighted by Crippen LogP contribution is 2.38. The van der Waals surface area contributed by atoms with Gasteiger partial charge >= 0.3 is 5.97 Å². The SMILES string of the molecule is CC(C)(C)OC(=O)C1(CCOS(C)(=O)=O)CCS(=O)(=O)CC1. The van der Waals surface area contributed by atoms with Crippen LogP contribution in [0, 0.1) is 5.41 Å². The van der Waals surface area contributed by atoms with Gasteiger partial charge in [0.25, 0.3) is 10.1 Å². The Morgan fingerprint density at radius 2 is 1.68 bits per heavy atom. The first-order chi connectivity index (χ1) is 9.75. The molecule has 130 valence electrons. The van der Waals surface area contributed by atoms with Crippen LogP contribution in [-0.4, -0.2) is 52.8 Å². The molecule has 1 aliphatic heterocycles. The minimum absolute atomic E-state index is 0.106. The first-order valence-corrected chi connectivity index (χ1v) is 10.7. The van der Waals surface area contributed by atoms with Crippen molar-refractivity contribution in [2.45, 2.75) is 45.6 Å². The van der Waals surface area contributed by atoms with E-state index in [0.29, 0.717) is 0 Å². The molecule has 0 aliphatic carbocycles. The maximum atomic E-state index is 12.5. The molecule has 1 saturated heterocycles. The molecule has 0 aromatic carbocycles. The fraction of sp³-hybridized carbons (Fsp3) is 0.923. The van der Waals surface area contributed by atoms with E-state index in [1.807, 2.05) is 0 Å². The maximum Gasteiger partial charge on any atom is 0.312 e. The second-order valence-electron chi connectivity index (χ2n) is 6.71. The quantitative estimate of drug-likeness (QED) is 0.532. The summed E-state index contributed by atoms with van der Waals surface area (Å²) in [6.45, 7) is 5.01. The lowest BCUT2D eigenvalue weighted by molar-refractivity contribution is -0.169. The molecule has 0 N–H and O–H groups in total. The van der Waals surface area contributed by atoms with E-state index >= 15 is 0 Å². The van der Waals surface area contributed by atoms with Gasteiger partial charge in [-0.25, -0.2) is 8.42 Å². The van der Waals surface area contributed by atoms with Crippen LogP contribution in [0.15, 0.2) is 0 Å². The van der Waals surface area contributed by atoms with Gasteiger partial charge in [-0.2, -0.15) is 8.42 Å². The molecule has 22 heavy (non-hydrogen) atoms. The number of sulfone groups is 1. The third kappa shape index (κ3) is 6.21. The summed E-state index contributed by atoms with van der Waals surface area (Å²) in [6, 6.07) is 0. The fourth-order valence-corrected chi connectivity index (χ4v) is 4.25. The summed E-state index contributed by atoms with van der Waals surface area (Å²) >= 11 is 0. The second kappa shape index (κ2) is 6.45. The number of esters is 1. The monoisotopic (exact) mass is 356 g/mol. The molecule has 0 saturated carbocycles. The van der Waals surface area contributed by atoms with Crippen LogP contribution in [0.3, 0.4) is 0 Å². The van der Waals surface area contributed by atoms with Gasteiger partial charge in [-0.05, 0) is 40.0 Å². The minimum atomic E-state index is -3.61. The van der Waals surface area contributed by atoms with Crippen LogP contribution < -0.4 is 0 Å². The third-order valence-electron chi connectivity index (χ3n) is 3.49. The van der Waals surface area contributed by atoms with Crippen molar-refractivity contribution >= 4 is 25.9 Å². The summed E-state index contributed by atoms with van der Waals surface area (Å²) < 4.78 is 55.4. The van der Waals surface area contributed by atoms with E-state index in [9.17, 15) is 21.6 Å². The van der Waals surface area contributed by atoms with Crippen molar-refractivity contribution in [3.05, 3.63) is 0 Å². The Labute approximate surface area is 132 Å². The molecule has 0 unspecified atom stereocenters. The van der Waals surface area contributed by atoms with E-state index in [0.717, 1.165) is 6.26 Å². The molecule has 1 fully saturated rings. The van der Waals surface area contributed by atoms with Gasteiger partial charge in [0.2, 0.25) is 0 Å². The van der Waals surface area contributed by atoms with E-state index in [1.54, 1.807) is 20.8 Å². The van der Waals surface area contributed by atoms with Gasteiger partial charge in [0.15, 0.2) is 0 Å². The molecule has 0 amide bonds. The van der Waals surface area contributed by atoms with Gasteiger partial charge < -0.3 is 4.74 Å². The summed E-state index contributed by atoms with van der Waals surface area (Å²) in [4.78, 5) is 12.5. The smallest absolute Gasteiger partial charge is 0.312 e. The van der Waals surface area contributed by atoms with E-state index in [2.05, 4.69) is 0 Å². The Hall–Kier alpha value is -0.670. The largest absolute Gasteiger partial charge is 0.460 e. The molecule has 0 spiro atoms. The van der Waals surface area contributed by atoms with E-state index < -0.39 is 36.9 Å². The predicted molar refractivity (Wildman–Crippen MR) is 81.6 cm³/mol. The Bertz CT molecular complexity index is 597. The van der Waals surface area contributed by atoms with Crippen LogP contribution in [0.5, 0.6) is 0 Å². The van der Waals surface area contributed by atoms with E-state index in [4.69, 9.17) is 8.92 Å². The summed E-state index contributed by atoms with van der Waals surface area (Å²) in [5, 5.41) is 0. The summed E-state index contributed by atoms with van der Waals surface area (Å²) in [6.07, 6.45) is 1.29. The molecular weight excluding hydrogens is 332 g/mol. The Balaban J connectivity index is 2.88. The molecule has 0 aromatic rings. The van der Waals surface area contributed by atoms with Crippen LogP contribution in [0.25, 0.3) is 0 Å². The molecule has 9 heteroatoms. The molecule has 0 bridgehead atoms. The van der Waals surface area contributed by atoms with Crippen molar-refractivity contribution in [3.8, 4) is 0 Å². The average Bonchev–Trinajstić information content (AvgIpc) is 2.28. The van der Waals surface area contributed by atoms with Gasteiger partial charge in [-0.15, -0.1) is 0 Å². The first-order valence-electron chi connectivity index (χ1n) is 7.03. The molecule has 1 heterocycles. The number of ether oxygens (including phenoxy) is 1. The van der Waals surface area contributed by atoms with Crippen molar-refractivity contribution in [1.82, 2.24) is 0 Å². The van der Waals surface area contributed by atoms with Crippen molar-refractivity contribution in [2.75, 3.05) is 24.4 Å². The van der Waals surface area contributed by atoms with Crippen molar-refractivity contribution in [1.29, 1.82) is 0 Å². The van der Waals surface area contributed by atoms with Crippen molar-refractivity contribution in [2.24, 2.45) is 5.41 Å². The van der Waals surface area contributed by atoms with Crippen LogP contribution in [-0.2, 0) is 33.7 Å². The standard InChI is InChI=1S/C13H24O7S2/c1-12(2,3)20-11(14)13(5-8-19-21(4,15)16)6-9-22(17,18)10-7-13/h5-10H2,1-4H3. The van der Waals surface area contributed by atoms with Gasteiger partial charge in [0.1, 0.15) is 15.4 Å². The van der Waals surface area contributed by atoms with Crippen LogP contribution in [0.4, 0.5) is 0 Å². The summed E-state index contributed by atoms with van der Waals surface area (Å²) in [5.41, 5.74) is -1.71. The number of carbonyl (C=O) groups excluding carboxylic acids is 1. The fourth-order valence-electron chi connectivity index (χ4n) is 2.26. The Morgan fingerprint density at radius 1 is 1.18 bits per heavy atom. The zero-order valence-corrected chi connectivity index (χ0v) is 15.0. The molecule has 1 rings (SSSR count). The van der Waals surface area contributed by atoms with E-state index in [1.165, 1.54) is 0 Å². The molecule has 0 aromatic heterocycles. The Kier molecular flexibility index (Phi) is 5.68. The summed E-state index contributed by atoms with van der Waals surface area (Å²) in [5.74, 6) is -0.706. The zero-order valence-electron chi connectivity index (χ0n) is 13.4. The lowest BCUT2D eigenvalue weighted by Crippen LogP contribution is -2.44. The van der Waals surface area contributed by atoms with Crippen LogP contribution >= 0.6 is 0 Å². The number of hydrogen-bond donors (Lipinski definition) is 0. The zero-order chi connectivity index (χ0) is 17.2. The van der Waals surface area contributed by atoms with Gasteiger partial charge in [-0.3, -0.25) is 8.98 Å². The number of hydrogen-bond acceptors (Lipinski definition) is 7. The number of rotatable bonds is 5. The average molecular weight is 356 g/mol. The molecule has 0 atom stereocenters. The van der Waals surface area contributed by atoms with Crippen molar-refractivity contribution < 1.29 is 30.6 Å². The lowest BCUT2D eigenvalue weighted by atomic mass is 9.79.